The van der Waals surface area contributed by atoms with Crippen LogP contribution in [0.2, 0.25) is 0 Å². The maximum absolute atomic E-state index is 13.2. The monoisotopic (exact) mass is 337 g/mol. The minimum Gasteiger partial charge on any atom is -0.481 e. The minimum absolute atomic E-state index is 0.0220. The number of carbonyl (C=O) groups excluding carboxylic acids is 1. The molecule has 2 atom stereocenters. The Balaban J connectivity index is 1.90. The van der Waals surface area contributed by atoms with Crippen molar-refractivity contribution in [1.29, 1.82) is 0 Å². The van der Waals surface area contributed by atoms with Gasteiger partial charge in [-0.1, -0.05) is 67.9 Å². The van der Waals surface area contributed by atoms with Crippen molar-refractivity contribution in [2.24, 2.45) is 0 Å². The van der Waals surface area contributed by atoms with Crippen molar-refractivity contribution in [3.63, 3.8) is 0 Å². The minimum atomic E-state index is -0.878. The number of carbonyl (C=O) groups is 2. The summed E-state index contributed by atoms with van der Waals surface area (Å²) in [5.41, 5.74) is 2.75. The van der Waals surface area contributed by atoms with Crippen molar-refractivity contribution in [3.05, 3.63) is 71.3 Å². The van der Waals surface area contributed by atoms with Gasteiger partial charge in [-0.3, -0.25) is 9.59 Å². The molecule has 2 unspecified atom stereocenters. The first-order valence-corrected chi connectivity index (χ1v) is 8.76. The van der Waals surface area contributed by atoms with Gasteiger partial charge in [0.15, 0.2) is 0 Å². The van der Waals surface area contributed by atoms with E-state index in [1.165, 1.54) is 0 Å². The van der Waals surface area contributed by atoms with Crippen LogP contribution in [0.15, 0.2) is 54.6 Å². The standard InChI is InChI=1S/C21H23NO3/c1-2-8-18(15-9-4-3-5-10-15)20(23)22-13-16-11-6-7-12-17(16)19(14-22)21(24)25/h3-7,9-12,18-19H,2,8,13-14H2,1H3,(H,24,25). The van der Waals surface area contributed by atoms with Crippen LogP contribution in [0.1, 0.15) is 48.3 Å². The number of carboxylic acids is 1. The third-order valence-corrected chi connectivity index (χ3v) is 4.88. The summed E-state index contributed by atoms with van der Waals surface area (Å²) in [6.07, 6.45) is 1.66. The number of benzene rings is 2. The van der Waals surface area contributed by atoms with Crippen LogP contribution >= 0.6 is 0 Å². The van der Waals surface area contributed by atoms with Crippen molar-refractivity contribution in [1.82, 2.24) is 4.90 Å². The zero-order chi connectivity index (χ0) is 17.8. The van der Waals surface area contributed by atoms with Crippen LogP contribution in [0.25, 0.3) is 0 Å². The normalized spacial score (nSPS) is 17.6. The van der Waals surface area contributed by atoms with E-state index in [4.69, 9.17) is 0 Å². The number of hydrogen-bond acceptors (Lipinski definition) is 2. The lowest BCUT2D eigenvalue weighted by Gasteiger charge is -2.35. The van der Waals surface area contributed by atoms with Gasteiger partial charge in [0.2, 0.25) is 5.91 Å². The van der Waals surface area contributed by atoms with Gasteiger partial charge >= 0.3 is 5.97 Å². The average Bonchev–Trinajstić information content (AvgIpc) is 2.65. The van der Waals surface area contributed by atoms with Crippen LogP contribution in [-0.4, -0.2) is 28.4 Å². The number of rotatable bonds is 5. The van der Waals surface area contributed by atoms with E-state index in [1.54, 1.807) is 4.90 Å². The van der Waals surface area contributed by atoms with E-state index in [9.17, 15) is 14.7 Å². The van der Waals surface area contributed by atoms with E-state index in [0.717, 1.165) is 29.5 Å². The summed E-state index contributed by atoms with van der Waals surface area (Å²) in [6.45, 7) is 2.78. The second kappa shape index (κ2) is 7.51. The first-order chi connectivity index (χ1) is 12.1. The predicted octanol–water partition coefficient (Wildman–Crippen LogP) is 3.78. The number of amides is 1. The highest BCUT2D eigenvalue weighted by atomic mass is 16.4. The number of aliphatic carboxylic acids is 1. The molecule has 1 aliphatic rings. The fourth-order valence-corrected chi connectivity index (χ4v) is 3.61. The molecule has 0 saturated heterocycles. The van der Waals surface area contributed by atoms with Crippen LogP contribution in [0.5, 0.6) is 0 Å². The highest BCUT2D eigenvalue weighted by molar-refractivity contribution is 5.86. The smallest absolute Gasteiger partial charge is 0.312 e. The van der Waals surface area contributed by atoms with Gasteiger partial charge in [0, 0.05) is 13.1 Å². The Kier molecular flexibility index (Phi) is 5.17. The van der Waals surface area contributed by atoms with Gasteiger partial charge in [-0.05, 0) is 23.1 Å². The molecule has 25 heavy (non-hydrogen) atoms. The molecule has 0 aliphatic carbocycles. The molecule has 1 heterocycles. The summed E-state index contributed by atoms with van der Waals surface area (Å²) in [7, 11) is 0. The largest absolute Gasteiger partial charge is 0.481 e. The second-order valence-corrected chi connectivity index (χ2v) is 6.56. The number of carboxylic acid groups (broad SMARTS) is 1. The molecule has 2 aromatic rings. The lowest BCUT2D eigenvalue weighted by atomic mass is 9.87. The molecular formula is C21H23NO3. The SMILES string of the molecule is CCCC(C(=O)N1Cc2ccccc2C(C(=O)O)C1)c1ccccc1. The first kappa shape index (κ1) is 17.2. The molecule has 1 aliphatic heterocycles. The van der Waals surface area contributed by atoms with E-state index in [1.807, 2.05) is 54.6 Å². The Morgan fingerprint density at radius 2 is 1.80 bits per heavy atom. The highest BCUT2D eigenvalue weighted by Crippen LogP contribution is 2.32. The van der Waals surface area contributed by atoms with E-state index in [0.29, 0.717) is 6.54 Å². The van der Waals surface area contributed by atoms with Gasteiger partial charge < -0.3 is 10.0 Å². The Morgan fingerprint density at radius 1 is 1.12 bits per heavy atom. The van der Waals surface area contributed by atoms with E-state index in [2.05, 4.69) is 6.92 Å². The van der Waals surface area contributed by atoms with Gasteiger partial charge in [-0.2, -0.15) is 0 Å². The van der Waals surface area contributed by atoms with Crippen LogP contribution in [-0.2, 0) is 16.1 Å². The lowest BCUT2D eigenvalue weighted by molar-refractivity contribution is -0.141. The van der Waals surface area contributed by atoms with Crippen LogP contribution < -0.4 is 0 Å². The molecule has 4 nitrogen and oxygen atoms in total. The summed E-state index contributed by atoms with van der Waals surface area (Å²) in [6, 6.07) is 17.3. The average molecular weight is 337 g/mol. The van der Waals surface area contributed by atoms with E-state index in [-0.39, 0.29) is 18.4 Å². The van der Waals surface area contributed by atoms with Crippen LogP contribution in [0.3, 0.4) is 0 Å². The van der Waals surface area contributed by atoms with Crippen molar-refractivity contribution >= 4 is 11.9 Å². The molecule has 0 spiro atoms. The maximum Gasteiger partial charge on any atom is 0.312 e. The molecule has 130 valence electrons. The topological polar surface area (TPSA) is 57.6 Å². The molecule has 0 saturated carbocycles. The first-order valence-electron chi connectivity index (χ1n) is 8.76. The fraction of sp³-hybridized carbons (Fsp3) is 0.333. The Labute approximate surface area is 148 Å². The van der Waals surface area contributed by atoms with Crippen LogP contribution in [0.4, 0.5) is 0 Å². The fourth-order valence-electron chi connectivity index (χ4n) is 3.61. The molecule has 1 N–H and O–H groups in total. The van der Waals surface area contributed by atoms with Gasteiger partial charge in [0.1, 0.15) is 0 Å². The zero-order valence-corrected chi connectivity index (χ0v) is 14.4. The molecule has 1 amide bonds. The van der Waals surface area contributed by atoms with Crippen molar-refractivity contribution < 1.29 is 14.7 Å². The Hall–Kier alpha value is -2.62. The molecule has 0 fully saturated rings. The Bertz CT molecular complexity index is 757. The molecule has 3 rings (SSSR count). The van der Waals surface area contributed by atoms with Crippen LogP contribution in [0, 0.1) is 0 Å². The molecule has 0 bridgehead atoms. The molecule has 4 heteroatoms. The van der Waals surface area contributed by atoms with Crippen molar-refractivity contribution in [3.8, 4) is 0 Å². The molecular weight excluding hydrogens is 314 g/mol. The van der Waals surface area contributed by atoms with Gasteiger partial charge in [-0.15, -0.1) is 0 Å². The lowest BCUT2D eigenvalue weighted by Crippen LogP contribution is -2.42. The van der Waals surface area contributed by atoms with Gasteiger partial charge in [0.05, 0.1) is 11.8 Å². The van der Waals surface area contributed by atoms with E-state index >= 15 is 0 Å². The third-order valence-electron chi connectivity index (χ3n) is 4.88. The summed E-state index contributed by atoms with van der Waals surface area (Å²) in [5, 5.41) is 9.61. The summed E-state index contributed by atoms with van der Waals surface area (Å²) < 4.78 is 0. The maximum atomic E-state index is 13.2. The molecule has 0 aromatic heterocycles. The summed E-state index contributed by atoms with van der Waals surface area (Å²) in [4.78, 5) is 26.6. The zero-order valence-electron chi connectivity index (χ0n) is 14.4. The number of fused-ring (bicyclic) bond motifs is 1. The third kappa shape index (κ3) is 3.58. The second-order valence-electron chi connectivity index (χ2n) is 6.56. The van der Waals surface area contributed by atoms with Gasteiger partial charge in [0.25, 0.3) is 0 Å². The number of hydrogen-bond donors (Lipinski definition) is 1. The van der Waals surface area contributed by atoms with Gasteiger partial charge in [-0.25, -0.2) is 0 Å². The Morgan fingerprint density at radius 3 is 2.48 bits per heavy atom. The van der Waals surface area contributed by atoms with Crippen molar-refractivity contribution in [2.75, 3.05) is 6.54 Å². The summed E-state index contributed by atoms with van der Waals surface area (Å²) in [5.74, 6) is -1.73. The highest BCUT2D eigenvalue weighted by Gasteiger charge is 2.35. The quantitative estimate of drug-likeness (QED) is 0.903. The molecule has 0 radical (unpaired) electrons. The summed E-state index contributed by atoms with van der Waals surface area (Å²) >= 11 is 0. The number of nitrogens with zero attached hydrogens (tertiary/aromatic N) is 1. The van der Waals surface area contributed by atoms with Crippen molar-refractivity contribution in [2.45, 2.75) is 38.1 Å². The predicted molar refractivity (Wildman–Crippen MR) is 96.3 cm³/mol. The molecule has 2 aromatic carbocycles. The van der Waals surface area contributed by atoms with E-state index < -0.39 is 11.9 Å².